The van der Waals surface area contributed by atoms with E-state index in [1.54, 1.807) is 0 Å². The van der Waals surface area contributed by atoms with Gasteiger partial charge in [-0.25, -0.2) is 9.59 Å². The number of carbonyl (C=O) groups is 2. The number of fused-ring (bicyclic) bond motifs is 1. The van der Waals surface area contributed by atoms with Crippen LogP contribution in [-0.4, -0.2) is 22.5 Å². The van der Waals surface area contributed by atoms with Crippen molar-refractivity contribution in [2.45, 2.75) is 0 Å². The number of phenols is 1. The van der Waals surface area contributed by atoms with E-state index in [1.165, 1.54) is 18.2 Å². The molecule has 0 unspecified atom stereocenters. The molecule has 0 aliphatic carbocycles. The average molecular weight is 224 g/mol. The van der Waals surface area contributed by atoms with Crippen LogP contribution in [0.15, 0.2) is 30.4 Å². The van der Waals surface area contributed by atoms with E-state index in [1.807, 2.05) is 0 Å². The lowest BCUT2D eigenvalue weighted by Crippen LogP contribution is -2.13. The largest absolute Gasteiger partial charge is 0.504 e. The summed E-state index contributed by atoms with van der Waals surface area (Å²) in [7, 11) is 0. The maximum absolute atomic E-state index is 11.1. The Balaban J connectivity index is 0.00000128. The van der Waals surface area contributed by atoms with Crippen LogP contribution in [0, 0.1) is 0 Å². The molecule has 1 aromatic rings. The van der Waals surface area contributed by atoms with Gasteiger partial charge in [-0.2, -0.15) is 0 Å². The molecule has 3 N–H and O–H groups in total. The summed E-state index contributed by atoms with van der Waals surface area (Å²) < 4.78 is 9.57. The SMILES string of the molecule is O.O=C1/C=C/C(=O)Oc2c(O)cccc2O1. The Morgan fingerprint density at radius 3 is 2.31 bits per heavy atom. The predicted molar refractivity (Wildman–Crippen MR) is 52.1 cm³/mol. The van der Waals surface area contributed by atoms with E-state index in [2.05, 4.69) is 0 Å². The van der Waals surface area contributed by atoms with Gasteiger partial charge in [0.15, 0.2) is 11.5 Å². The number of hydrogen-bond donors (Lipinski definition) is 1. The number of aromatic hydroxyl groups is 1. The van der Waals surface area contributed by atoms with Crippen molar-refractivity contribution in [1.82, 2.24) is 0 Å². The molecule has 0 amide bonds. The molecule has 1 heterocycles. The van der Waals surface area contributed by atoms with Gasteiger partial charge in [0.2, 0.25) is 5.75 Å². The molecule has 0 spiro atoms. The number of phenolic OH excluding ortho intramolecular Hbond substituents is 1. The van der Waals surface area contributed by atoms with Crippen LogP contribution >= 0.6 is 0 Å². The minimum Gasteiger partial charge on any atom is -0.504 e. The lowest BCUT2D eigenvalue weighted by molar-refractivity contribution is -0.133. The van der Waals surface area contributed by atoms with Gasteiger partial charge in [-0.05, 0) is 12.1 Å². The highest BCUT2D eigenvalue weighted by atomic mass is 16.6. The molecule has 0 bridgehead atoms. The zero-order chi connectivity index (χ0) is 10.8. The van der Waals surface area contributed by atoms with Crippen LogP contribution in [0.2, 0.25) is 0 Å². The first-order chi connectivity index (χ1) is 7.16. The van der Waals surface area contributed by atoms with Crippen LogP contribution in [0.25, 0.3) is 0 Å². The standard InChI is InChI=1S/C10H6O5.H2O/c11-6-2-1-3-7-10(6)15-9(13)5-4-8(12)14-7;/h1-5,11H;1H2/b5-4+;. The van der Waals surface area contributed by atoms with Crippen LogP contribution in [0.5, 0.6) is 17.2 Å². The van der Waals surface area contributed by atoms with Crippen molar-refractivity contribution >= 4 is 11.9 Å². The quantitative estimate of drug-likeness (QED) is 0.491. The Labute approximate surface area is 90.0 Å². The van der Waals surface area contributed by atoms with Crippen LogP contribution in [0.3, 0.4) is 0 Å². The van der Waals surface area contributed by atoms with E-state index < -0.39 is 11.9 Å². The summed E-state index contributed by atoms with van der Waals surface area (Å²) in [6.45, 7) is 0. The van der Waals surface area contributed by atoms with E-state index in [4.69, 9.17) is 9.47 Å². The summed E-state index contributed by atoms with van der Waals surface area (Å²) in [4.78, 5) is 22.1. The Hall–Kier alpha value is -2.34. The summed E-state index contributed by atoms with van der Waals surface area (Å²) in [5.41, 5.74) is 0. The molecule has 6 heteroatoms. The molecule has 0 saturated heterocycles. The van der Waals surface area contributed by atoms with E-state index >= 15 is 0 Å². The van der Waals surface area contributed by atoms with Gasteiger partial charge < -0.3 is 20.1 Å². The maximum atomic E-state index is 11.1. The minimum absolute atomic E-state index is 0. The topological polar surface area (TPSA) is 104 Å². The third-order valence-corrected chi connectivity index (χ3v) is 1.73. The third-order valence-electron chi connectivity index (χ3n) is 1.73. The van der Waals surface area contributed by atoms with E-state index in [9.17, 15) is 14.7 Å². The lowest BCUT2D eigenvalue weighted by atomic mass is 10.3. The second-order valence-corrected chi connectivity index (χ2v) is 2.78. The molecule has 0 aromatic heterocycles. The first kappa shape index (κ1) is 11.7. The zero-order valence-corrected chi connectivity index (χ0v) is 7.97. The number of esters is 2. The van der Waals surface area contributed by atoms with Crippen LogP contribution in [-0.2, 0) is 9.59 Å². The number of carbonyl (C=O) groups excluding carboxylic acids is 2. The molecule has 0 fully saturated rings. The van der Waals surface area contributed by atoms with Gasteiger partial charge in [-0.15, -0.1) is 0 Å². The molecule has 2 rings (SSSR count). The minimum atomic E-state index is -0.741. The van der Waals surface area contributed by atoms with Crippen LogP contribution in [0.4, 0.5) is 0 Å². The first-order valence-corrected chi connectivity index (χ1v) is 4.10. The zero-order valence-electron chi connectivity index (χ0n) is 7.97. The van der Waals surface area contributed by atoms with Gasteiger partial charge in [0.25, 0.3) is 0 Å². The molecule has 84 valence electrons. The highest BCUT2D eigenvalue weighted by Gasteiger charge is 2.18. The highest BCUT2D eigenvalue weighted by Crippen LogP contribution is 2.36. The van der Waals surface area contributed by atoms with Crippen molar-refractivity contribution in [3.05, 3.63) is 30.4 Å². The first-order valence-electron chi connectivity index (χ1n) is 4.10. The van der Waals surface area contributed by atoms with Gasteiger partial charge in [-0.3, -0.25) is 0 Å². The number of rotatable bonds is 0. The molecule has 1 aromatic carbocycles. The highest BCUT2D eigenvalue weighted by molar-refractivity contribution is 5.95. The Bertz CT molecular complexity index is 462. The maximum Gasteiger partial charge on any atom is 0.336 e. The fourth-order valence-corrected chi connectivity index (χ4v) is 1.10. The van der Waals surface area contributed by atoms with Crippen LogP contribution < -0.4 is 9.47 Å². The Morgan fingerprint density at radius 1 is 1.00 bits per heavy atom. The van der Waals surface area contributed by atoms with Crippen molar-refractivity contribution in [1.29, 1.82) is 0 Å². The lowest BCUT2D eigenvalue weighted by Gasteiger charge is -2.11. The average Bonchev–Trinajstić information content (AvgIpc) is 2.18. The molecule has 0 saturated carbocycles. The number of hydrogen-bond acceptors (Lipinski definition) is 5. The fourth-order valence-electron chi connectivity index (χ4n) is 1.10. The Kier molecular flexibility index (Phi) is 3.27. The summed E-state index contributed by atoms with van der Waals surface area (Å²) >= 11 is 0. The molecular weight excluding hydrogens is 216 g/mol. The van der Waals surface area contributed by atoms with Gasteiger partial charge in [0.1, 0.15) is 0 Å². The summed E-state index contributed by atoms with van der Waals surface area (Å²) in [5.74, 6) is -1.84. The predicted octanol–water partition coefficient (Wildman–Crippen LogP) is -0.0519. The number of ether oxygens (including phenoxy) is 2. The van der Waals surface area contributed by atoms with Gasteiger partial charge >= 0.3 is 11.9 Å². The molecule has 1 aliphatic heterocycles. The van der Waals surface area contributed by atoms with Gasteiger partial charge in [0.05, 0.1) is 0 Å². The van der Waals surface area contributed by atoms with Crippen molar-refractivity contribution in [3.8, 4) is 17.2 Å². The Morgan fingerprint density at radius 2 is 1.62 bits per heavy atom. The van der Waals surface area contributed by atoms with E-state index in [0.29, 0.717) is 0 Å². The molecule has 6 nitrogen and oxygen atoms in total. The van der Waals surface area contributed by atoms with Crippen LogP contribution in [0.1, 0.15) is 0 Å². The van der Waals surface area contributed by atoms with E-state index in [0.717, 1.165) is 12.2 Å². The summed E-state index contributed by atoms with van der Waals surface area (Å²) in [6.07, 6.45) is 1.88. The fraction of sp³-hybridized carbons (Fsp3) is 0. The van der Waals surface area contributed by atoms with Crippen molar-refractivity contribution < 1.29 is 29.6 Å². The van der Waals surface area contributed by atoms with Crippen molar-refractivity contribution in [3.63, 3.8) is 0 Å². The van der Waals surface area contributed by atoms with Crippen molar-refractivity contribution in [2.75, 3.05) is 0 Å². The molecule has 1 aliphatic rings. The second kappa shape index (κ2) is 4.45. The van der Waals surface area contributed by atoms with Gasteiger partial charge in [-0.1, -0.05) is 6.07 Å². The monoisotopic (exact) mass is 224 g/mol. The van der Waals surface area contributed by atoms with Gasteiger partial charge in [0, 0.05) is 12.2 Å². The number of benzene rings is 1. The molecule has 16 heavy (non-hydrogen) atoms. The summed E-state index contributed by atoms with van der Waals surface area (Å²) in [5, 5.41) is 9.38. The summed E-state index contributed by atoms with van der Waals surface area (Å²) in [6, 6.07) is 4.21. The molecule has 0 atom stereocenters. The third kappa shape index (κ3) is 2.18. The normalized spacial score (nSPS) is 15.8. The molecule has 0 radical (unpaired) electrons. The molecular formula is C10H8O6. The van der Waals surface area contributed by atoms with E-state index in [-0.39, 0.29) is 22.7 Å². The number of para-hydroxylation sites is 1. The second-order valence-electron chi connectivity index (χ2n) is 2.78. The van der Waals surface area contributed by atoms with Crippen molar-refractivity contribution in [2.24, 2.45) is 0 Å². The smallest absolute Gasteiger partial charge is 0.336 e.